The lowest BCUT2D eigenvalue weighted by atomic mass is 9.91. The van der Waals surface area contributed by atoms with Crippen LogP contribution in [0.5, 0.6) is 0 Å². The summed E-state index contributed by atoms with van der Waals surface area (Å²) in [5.74, 6) is -0.786. The molecule has 0 aromatic heterocycles. The van der Waals surface area contributed by atoms with Crippen molar-refractivity contribution in [1.82, 2.24) is 5.32 Å². The number of aryl methyl sites for hydroxylation is 1. The smallest absolute Gasteiger partial charge is 0.333 e. The summed E-state index contributed by atoms with van der Waals surface area (Å²) in [6.07, 6.45) is 2.28. The summed E-state index contributed by atoms with van der Waals surface area (Å²) in [6, 6.07) is 29.0. The highest BCUT2D eigenvalue weighted by Crippen LogP contribution is 2.23. The highest BCUT2D eigenvalue weighted by molar-refractivity contribution is 7.80. The Kier molecular flexibility index (Phi) is 10.3. The quantitative estimate of drug-likeness (QED) is 0.315. The van der Waals surface area contributed by atoms with E-state index >= 15 is 0 Å². The minimum atomic E-state index is -0.926. The van der Waals surface area contributed by atoms with Crippen molar-refractivity contribution in [3.05, 3.63) is 107 Å². The molecule has 1 unspecified atom stereocenters. The summed E-state index contributed by atoms with van der Waals surface area (Å²) >= 11 is 5.83. The van der Waals surface area contributed by atoms with Crippen LogP contribution in [0.4, 0.5) is 0 Å². The largest absolute Gasteiger partial charge is 0.479 e. The van der Waals surface area contributed by atoms with E-state index in [1.807, 2.05) is 31.2 Å². The maximum atomic E-state index is 11.3. The van der Waals surface area contributed by atoms with Gasteiger partial charge < -0.3 is 15.2 Å². The number of carboxylic acids is 1. The third-order valence-corrected chi connectivity index (χ3v) is 6.31. The van der Waals surface area contributed by atoms with Gasteiger partial charge in [-0.3, -0.25) is 0 Å². The zero-order chi connectivity index (χ0) is 24.2. The Hall–Kier alpha value is -3.02. The molecule has 3 rings (SSSR count). The van der Waals surface area contributed by atoms with E-state index in [1.165, 1.54) is 16.7 Å². The minimum Gasteiger partial charge on any atom is -0.479 e. The topological polar surface area (TPSA) is 58.6 Å². The van der Waals surface area contributed by atoms with Crippen LogP contribution in [0.25, 0.3) is 0 Å². The molecule has 0 radical (unpaired) electrons. The normalized spacial score (nSPS) is 12.6. The standard InChI is InChI=1S/C29H33NO3S/c1-2-33-27(29(31)32)21-24-15-13-23(14-16-24)17-18-26(25-11-7-4-8-12-25)28(34)30-20-19-22-9-5-3-6-10-22/h3-16,26-27H,2,17-21H2,1H3,(H,30,34)(H,31,32)/t26?,27-/m0/s1. The minimum absolute atomic E-state index is 0.140. The highest BCUT2D eigenvalue weighted by atomic mass is 32.1. The Morgan fingerprint density at radius 3 is 2.09 bits per heavy atom. The second-order valence-corrected chi connectivity index (χ2v) is 8.77. The van der Waals surface area contributed by atoms with Crippen molar-refractivity contribution in [2.24, 2.45) is 0 Å². The summed E-state index contributed by atoms with van der Waals surface area (Å²) in [6.45, 7) is 3.00. The molecule has 0 fully saturated rings. The SMILES string of the molecule is CCO[C@@H](Cc1ccc(CCC(C(=S)NCCc2ccccc2)c2ccccc2)cc1)C(=O)O. The predicted octanol–water partition coefficient (Wildman–Crippen LogP) is 5.59. The molecular weight excluding hydrogens is 442 g/mol. The average Bonchev–Trinajstić information content (AvgIpc) is 2.86. The number of carboxylic acid groups (broad SMARTS) is 1. The van der Waals surface area contributed by atoms with Gasteiger partial charge in [-0.15, -0.1) is 0 Å². The Labute approximate surface area is 208 Å². The second-order valence-electron chi connectivity index (χ2n) is 8.33. The van der Waals surface area contributed by atoms with E-state index < -0.39 is 12.1 Å². The first-order valence-electron chi connectivity index (χ1n) is 11.9. The van der Waals surface area contributed by atoms with Gasteiger partial charge in [-0.1, -0.05) is 97.1 Å². The number of thiocarbonyl (C=S) groups is 1. The fraction of sp³-hybridized carbons (Fsp3) is 0.310. The second kappa shape index (κ2) is 13.6. The molecular formula is C29H33NO3S. The summed E-state index contributed by atoms with van der Waals surface area (Å²) < 4.78 is 5.33. The lowest BCUT2D eigenvalue weighted by Gasteiger charge is -2.20. The van der Waals surface area contributed by atoms with E-state index in [9.17, 15) is 9.90 Å². The lowest BCUT2D eigenvalue weighted by molar-refractivity contribution is -0.149. The average molecular weight is 476 g/mol. The van der Waals surface area contributed by atoms with E-state index in [0.29, 0.717) is 13.0 Å². The van der Waals surface area contributed by atoms with Crippen molar-refractivity contribution < 1.29 is 14.6 Å². The van der Waals surface area contributed by atoms with Gasteiger partial charge in [0.25, 0.3) is 0 Å². The zero-order valence-corrected chi connectivity index (χ0v) is 20.5. The van der Waals surface area contributed by atoms with Crippen molar-refractivity contribution in [2.75, 3.05) is 13.2 Å². The summed E-state index contributed by atoms with van der Waals surface area (Å²) in [5, 5.41) is 12.8. The Bertz CT molecular complexity index is 1020. The third-order valence-electron chi connectivity index (χ3n) is 5.88. The van der Waals surface area contributed by atoms with Crippen LogP contribution in [-0.4, -0.2) is 35.3 Å². The predicted molar refractivity (Wildman–Crippen MR) is 141 cm³/mol. The zero-order valence-electron chi connectivity index (χ0n) is 19.7. The molecule has 178 valence electrons. The summed E-state index contributed by atoms with van der Waals surface area (Å²) in [4.78, 5) is 12.2. The Morgan fingerprint density at radius 1 is 0.882 bits per heavy atom. The van der Waals surface area contributed by atoms with Gasteiger partial charge in [-0.25, -0.2) is 4.79 Å². The van der Waals surface area contributed by atoms with Gasteiger partial charge in [0.2, 0.25) is 0 Å². The number of carbonyl (C=O) groups is 1. The highest BCUT2D eigenvalue weighted by Gasteiger charge is 2.19. The van der Waals surface area contributed by atoms with E-state index in [4.69, 9.17) is 17.0 Å². The molecule has 0 aliphatic rings. The van der Waals surface area contributed by atoms with Crippen LogP contribution in [0.1, 0.15) is 41.5 Å². The maximum absolute atomic E-state index is 11.3. The van der Waals surface area contributed by atoms with Gasteiger partial charge in [-0.05, 0) is 48.4 Å². The lowest BCUT2D eigenvalue weighted by Crippen LogP contribution is -2.29. The molecule has 34 heavy (non-hydrogen) atoms. The van der Waals surface area contributed by atoms with E-state index in [0.717, 1.165) is 36.4 Å². The van der Waals surface area contributed by atoms with Gasteiger partial charge >= 0.3 is 5.97 Å². The van der Waals surface area contributed by atoms with Crippen LogP contribution in [0.15, 0.2) is 84.9 Å². The van der Waals surface area contributed by atoms with Crippen LogP contribution < -0.4 is 5.32 Å². The first kappa shape index (κ1) is 25.6. The van der Waals surface area contributed by atoms with Gasteiger partial charge in [-0.2, -0.15) is 0 Å². The number of ether oxygens (including phenoxy) is 1. The molecule has 2 N–H and O–H groups in total. The molecule has 3 aromatic rings. The van der Waals surface area contributed by atoms with Crippen LogP contribution >= 0.6 is 12.2 Å². The fourth-order valence-corrected chi connectivity index (χ4v) is 4.37. The van der Waals surface area contributed by atoms with Crippen LogP contribution in [0.2, 0.25) is 0 Å². The summed E-state index contributed by atoms with van der Waals surface area (Å²) in [5.41, 5.74) is 4.68. The van der Waals surface area contributed by atoms with Gasteiger partial charge in [0, 0.05) is 25.5 Å². The first-order chi connectivity index (χ1) is 16.6. The molecule has 0 saturated carbocycles. The Morgan fingerprint density at radius 2 is 1.47 bits per heavy atom. The number of benzene rings is 3. The third kappa shape index (κ3) is 8.08. The molecule has 0 amide bonds. The monoisotopic (exact) mass is 475 g/mol. The van der Waals surface area contributed by atoms with Crippen molar-refractivity contribution >= 4 is 23.2 Å². The molecule has 0 heterocycles. The number of nitrogens with one attached hydrogen (secondary N) is 1. The maximum Gasteiger partial charge on any atom is 0.333 e. The molecule has 4 nitrogen and oxygen atoms in total. The molecule has 0 saturated heterocycles. The molecule has 0 aliphatic carbocycles. The molecule has 3 aromatic carbocycles. The van der Waals surface area contributed by atoms with Crippen molar-refractivity contribution in [1.29, 1.82) is 0 Å². The van der Waals surface area contributed by atoms with Crippen molar-refractivity contribution in [2.45, 2.75) is 44.6 Å². The number of hydrogen-bond acceptors (Lipinski definition) is 3. The van der Waals surface area contributed by atoms with E-state index in [-0.39, 0.29) is 5.92 Å². The first-order valence-corrected chi connectivity index (χ1v) is 12.3. The molecule has 0 bridgehead atoms. The molecule has 5 heteroatoms. The molecule has 0 aliphatic heterocycles. The van der Waals surface area contributed by atoms with Gasteiger partial charge in [0.15, 0.2) is 6.10 Å². The molecule has 2 atom stereocenters. The van der Waals surface area contributed by atoms with Crippen LogP contribution in [0, 0.1) is 0 Å². The fourth-order valence-electron chi connectivity index (χ4n) is 4.02. The van der Waals surface area contributed by atoms with E-state index in [2.05, 4.69) is 66.0 Å². The molecule has 0 spiro atoms. The van der Waals surface area contributed by atoms with Gasteiger partial charge in [0.05, 0.1) is 4.99 Å². The number of aliphatic carboxylic acids is 1. The number of hydrogen-bond donors (Lipinski definition) is 2. The van der Waals surface area contributed by atoms with Crippen LogP contribution in [0.3, 0.4) is 0 Å². The number of rotatable bonds is 13. The Balaban J connectivity index is 1.59. The van der Waals surface area contributed by atoms with E-state index in [1.54, 1.807) is 0 Å². The summed E-state index contributed by atoms with van der Waals surface area (Å²) in [7, 11) is 0. The van der Waals surface area contributed by atoms with Crippen molar-refractivity contribution in [3.8, 4) is 0 Å². The van der Waals surface area contributed by atoms with Gasteiger partial charge in [0.1, 0.15) is 0 Å². The van der Waals surface area contributed by atoms with Crippen LogP contribution in [-0.2, 0) is 28.8 Å². The van der Waals surface area contributed by atoms with Crippen molar-refractivity contribution in [3.63, 3.8) is 0 Å².